The van der Waals surface area contributed by atoms with Gasteiger partial charge in [-0.2, -0.15) is 0 Å². The van der Waals surface area contributed by atoms with Gasteiger partial charge >= 0.3 is 0 Å². The number of aromatic nitrogens is 2. The zero-order valence-electron chi connectivity index (χ0n) is 15.0. The van der Waals surface area contributed by atoms with Gasteiger partial charge in [-0.25, -0.2) is 8.42 Å². The predicted molar refractivity (Wildman–Crippen MR) is 104 cm³/mol. The van der Waals surface area contributed by atoms with Crippen LogP contribution in [0, 0.1) is 6.92 Å². The smallest absolute Gasteiger partial charge is 0.263 e. The molecule has 2 N–H and O–H groups in total. The molecule has 0 radical (unpaired) electrons. The molecule has 27 heavy (non-hydrogen) atoms. The SMILES string of the molecule is COc1ccccc1CNc1ccc(NS(=O)(=O)c2ccc(C)cc2)nn1. The third-order valence-corrected chi connectivity index (χ3v) is 5.26. The summed E-state index contributed by atoms with van der Waals surface area (Å²) in [5.41, 5.74) is 1.96. The summed E-state index contributed by atoms with van der Waals surface area (Å²) in [5, 5.41) is 11.1. The first-order valence-corrected chi connectivity index (χ1v) is 9.75. The molecule has 0 aliphatic heterocycles. The Morgan fingerprint density at radius 2 is 1.59 bits per heavy atom. The number of anilines is 2. The minimum atomic E-state index is -3.70. The Bertz CT molecular complexity index is 1000. The first-order valence-electron chi connectivity index (χ1n) is 8.27. The minimum absolute atomic E-state index is 0.151. The van der Waals surface area contributed by atoms with Crippen molar-refractivity contribution in [1.82, 2.24) is 10.2 Å². The summed E-state index contributed by atoms with van der Waals surface area (Å²) in [7, 11) is -2.08. The number of hydrogen-bond acceptors (Lipinski definition) is 6. The van der Waals surface area contributed by atoms with E-state index in [1.807, 2.05) is 31.2 Å². The molecule has 1 aromatic heterocycles. The molecule has 140 valence electrons. The fourth-order valence-corrected chi connectivity index (χ4v) is 3.43. The monoisotopic (exact) mass is 384 g/mol. The highest BCUT2D eigenvalue weighted by atomic mass is 32.2. The largest absolute Gasteiger partial charge is 0.496 e. The van der Waals surface area contributed by atoms with Crippen molar-refractivity contribution in [2.75, 3.05) is 17.1 Å². The fraction of sp³-hybridized carbons (Fsp3) is 0.158. The molecule has 7 nitrogen and oxygen atoms in total. The third-order valence-electron chi connectivity index (χ3n) is 3.89. The number of nitrogens with one attached hydrogen (secondary N) is 2. The first kappa shape index (κ1) is 18.7. The maximum absolute atomic E-state index is 12.4. The molecule has 0 aliphatic carbocycles. The zero-order chi connectivity index (χ0) is 19.3. The number of ether oxygens (including phenoxy) is 1. The van der Waals surface area contributed by atoms with Crippen molar-refractivity contribution in [3.05, 3.63) is 71.8 Å². The molecule has 0 atom stereocenters. The van der Waals surface area contributed by atoms with Gasteiger partial charge in [0.25, 0.3) is 10.0 Å². The molecule has 0 saturated carbocycles. The molecule has 2 aromatic carbocycles. The Morgan fingerprint density at radius 1 is 0.926 bits per heavy atom. The standard InChI is InChI=1S/C19H20N4O3S/c1-14-7-9-16(10-8-14)27(24,25)23-19-12-11-18(21-22-19)20-13-15-5-3-4-6-17(15)26-2/h3-12H,13H2,1-2H3,(H,20,21)(H,22,23). The molecule has 0 saturated heterocycles. The molecule has 3 aromatic rings. The van der Waals surface area contributed by atoms with Gasteiger partial charge in [-0.05, 0) is 37.3 Å². The summed E-state index contributed by atoms with van der Waals surface area (Å²) >= 11 is 0. The Hall–Kier alpha value is -3.13. The van der Waals surface area contributed by atoms with Crippen molar-refractivity contribution in [1.29, 1.82) is 0 Å². The highest BCUT2D eigenvalue weighted by Crippen LogP contribution is 2.19. The van der Waals surface area contributed by atoms with Gasteiger partial charge in [-0.15, -0.1) is 10.2 Å². The van der Waals surface area contributed by atoms with Gasteiger partial charge in [0, 0.05) is 12.1 Å². The van der Waals surface area contributed by atoms with Crippen LogP contribution in [0.2, 0.25) is 0 Å². The number of methoxy groups -OCH3 is 1. The van der Waals surface area contributed by atoms with E-state index in [0.717, 1.165) is 16.9 Å². The van der Waals surface area contributed by atoms with Crippen LogP contribution in [0.1, 0.15) is 11.1 Å². The Morgan fingerprint density at radius 3 is 2.26 bits per heavy atom. The summed E-state index contributed by atoms with van der Waals surface area (Å²) in [6, 6.07) is 17.5. The molecular formula is C19H20N4O3S. The normalized spacial score (nSPS) is 11.0. The van der Waals surface area contributed by atoms with E-state index in [4.69, 9.17) is 4.74 Å². The second-order valence-corrected chi connectivity index (χ2v) is 7.57. The number of hydrogen-bond donors (Lipinski definition) is 2. The molecule has 0 amide bonds. The van der Waals surface area contributed by atoms with Crippen molar-refractivity contribution >= 4 is 21.7 Å². The fourth-order valence-electron chi connectivity index (χ4n) is 2.43. The summed E-state index contributed by atoms with van der Waals surface area (Å²) in [6.07, 6.45) is 0. The molecule has 0 bridgehead atoms. The number of aryl methyl sites for hydroxylation is 1. The Kier molecular flexibility index (Phi) is 5.56. The maximum Gasteiger partial charge on any atom is 0.263 e. The Balaban J connectivity index is 1.65. The van der Waals surface area contributed by atoms with Crippen molar-refractivity contribution < 1.29 is 13.2 Å². The van der Waals surface area contributed by atoms with Crippen LogP contribution in [0.3, 0.4) is 0 Å². The average molecular weight is 384 g/mol. The van der Waals surface area contributed by atoms with E-state index < -0.39 is 10.0 Å². The molecule has 0 fully saturated rings. The molecule has 0 spiro atoms. The van der Waals surface area contributed by atoms with Crippen LogP contribution in [-0.4, -0.2) is 25.7 Å². The lowest BCUT2D eigenvalue weighted by Crippen LogP contribution is -2.14. The van der Waals surface area contributed by atoms with E-state index in [0.29, 0.717) is 12.4 Å². The molecule has 8 heteroatoms. The van der Waals surface area contributed by atoms with Crippen molar-refractivity contribution in [3.63, 3.8) is 0 Å². The topological polar surface area (TPSA) is 93.2 Å². The van der Waals surface area contributed by atoms with Crippen LogP contribution in [0.25, 0.3) is 0 Å². The van der Waals surface area contributed by atoms with Crippen LogP contribution in [0.5, 0.6) is 5.75 Å². The lowest BCUT2D eigenvalue weighted by molar-refractivity contribution is 0.410. The van der Waals surface area contributed by atoms with Crippen molar-refractivity contribution in [2.45, 2.75) is 18.4 Å². The number of rotatable bonds is 7. The predicted octanol–water partition coefficient (Wildman–Crippen LogP) is 3.21. The van der Waals surface area contributed by atoms with Gasteiger partial charge < -0.3 is 10.1 Å². The number of nitrogens with zero attached hydrogens (tertiary/aromatic N) is 2. The third kappa shape index (κ3) is 4.73. The maximum atomic E-state index is 12.4. The van der Waals surface area contributed by atoms with Gasteiger partial charge in [0.2, 0.25) is 0 Å². The average Bonchev–Trinajstić information content (AvgIpc) is 2.68. The van der Waals surface area contributed by atoms with Crippen LogP contribution in [-0.2, 0) is 16.6 Å². The van der Waals surface area contributed by atoms with Crippen LogP contribution >= 0.6 is 0 Å². The van der Waals surface area contributed by atoms with Crippen LogP contribution in [0.15, 0.2) is 65.6 Å². The highest BCUT2D eigenvalue weighted by molar-refractivity contribution is 7.92. The van der Waals surface area contributed by atoms with Gasteiger partial charge in [-0.1, -0.05) is 35.9 Å². The molecular weight excluding hydrogens is 364 g/mol. The minimum Gasteiger partial charge on any atom is -0.496 e. The quantitative estimate of drug-likeness (QED) is 0.650. The highest BCUT2D eigenvalue weighted by Gasteiger charge is 2.14. The van der Waals surface area contributed by atoms with Crippen LogP contribution in [0.4, 0.5) is 11.6 Å². The summed E-state index contributed by atoms with van der Waals surface area (Å²) < 4.78 is 32.5. The number of para-hydroxylation sites is 1. The van der Waals surface area contributed by atoms with Gasteiger partial charge in [0.1, 0.15) is 11.6 Å². The van der Waals surface area contributed by atoms with Gasteiger partial charge in [0.05, 0.1) is 12.0 Å². The van der Waals surface area contributed by atoms with Crippen molar-refractivity contribution in [3.8, 4) is 5.75 Å². The van der Waals surface area contributed by atoms with E-state index in [1.54, 1.807) is 43.5 Å². The molecule has 0 unspecified atom stereocenters. The second kappa shape index (κ2) is 8.05. The summed E-state index contributed by atoms with van der Waals surface area (Å²) in [5.74, 6) is 1.46. The number of sulfonamides is 1. The van der Waals surface area contributed by atoms with Gasteiger partial charge in [0.15, 0.2) is 5.82 Å². The van der Waals surface area contributed by atoms with E-state index >= 15 is 0 Å². The summed E-state index contributed by atoms with van der Waals surface area (Å²) in [4.78, 5) is 0.174. The first-order chi connectivity index (χ1) is 13.0. The van der Waals surface area contributed by atoms with Gasteiger partial charge in [-0.3, -0.25) is 4.72 Å². The summed E-state index contributed by atoms with van der Waals surface area (Å²) in [6.45, 7) is 2.40. The number of benzene rings is 2. The van der Waals surface area contributed by atoms with Crippen molar-refractivity contribution in [2.24, 2.45) is 0 Å². The Labute approximate surface area is 158 Å². The molecule has 1 heterocycles. The second-order valence-electron chi connectivity index (χ2n) is 5.89. The van der Waals surface area contributed by atoms with Crippen LogP contribution < -0.4 is 14.8 Å². The van der Waals surface area contributed by atoms with E-state index in [2.05, 4.69) is 20.2 Å². The van der Waals surface area contributed by atoms with E-state index in [1.165, 1.54) is 0 Å². The zero-order valence-corrected chi connectivity index (χ0v) is 15.8. The van der Waals surface area contributed by atoms with E-state index in [-0.39, 0.29) is 10.7 Å². The lowest BCUT2D eigenvalue weighted by atomic mass is 10.2. The lowest BCUT2D eigenvalue weighted by Gasteiger charge is -2.10. The molecule has 3 rings (SSSR count). The molecule has 0 aliphatic rings. The van der Waals surface area contributed by atoms with E-state index in [9.17, 15) is 8.42 Å².